The van der Waals surface area contributed by atoms with Gasteiger partial charge in [-0.25, -0.2) is 14.0 Å². The largest absolute Gasteiger partial charge is 0.479 e. The fourth-order valence-electron chi connectivity index (χ4n) is 1.58. The molecule has 0 spiro atoms. The molecule has 0 aromatic rings. The summed E-state index contributed by atoms with van der Waals surface area (Å²) in [5, 5.41) is 8.70. The van der Waals surface area contributed by atoms with E-state index >= 15 is 0 Å². The molecule has 18 heavy (non-hydrogen) atoms. The van der Waals surface area contributed by atoms with Crippen molar-refractivity contribution in [2.75, 3.05) is 13.1 Å². The number of carboxylic acids is 1. The second kappa shape index (κ2) is 5.94. The predicted molar refractivity (Wildman–Crippen MR) is 64.3 cm³/mol. The number of hydrogen-bond acceptors (Lipinski definition) is 3. The molecule has 0 aromatic heterocycles. The summed E-state index contributed by atoms with van der Waals surface area (Å²) in [7, 11) is 0. The molecule has 1 heterocycles. The van der Waals surface area contributed by atoms with Crippen LogP contribution in [0.4, 0.5) is 9.18 Å². The van der Waals surface area contributed by atoms with Gasteiger partial charge in [0.1, 0.15) is 5.60 Å². The minimum Gasteiger partial charge on any atom is -0.479 e. The third-order valence-corrected chi connectivity index (χ3v) is 2.59. The molecule has 99 valence electrons. The number of halogens is 1. The SMILES string of the molecule is CC(C)(C)OC(=O)N1CCC(F)(C(=O)O)CC1.[Li]. The van der Waals surface area contributed by atoms with Gasteiger partial charge in [-0.15, -0.1) is 0 Å². The monoisotopic (exact) mass is 254 g/mol. The van der Waals surface area contributed by atoms with Gasteiger partial charge >= 0.3 is 12.1 Å². The van der Waals surface area contributed by atoms with Crippen LogP contribution >= 0.6 is 0 Å². The van der Waals surface area contributed by atoms with E-state index in [0.29, 0.717) is 0 Å². The molecule has 0 atom stereocenters. The van der Waals surface area contributed by atoms with Gasteiger partial charge in [0.25, 0.3) is 0 Å². The zero-order valence-electron chi connectivity index (χ0n) is 11.3. The number of rotatable bonds is 1. The summed E-state index contributed by atoms with van der Waals surface area (Å²) in [5.74, 6) is -1.46. The molecule has 0 bridgehead atoms. The number of carbonyl (C=O) groups excluding carboxylic acids is 1. The van der Waals surface area contributed by atoms with Crippen LogP contribution in [0, 0.1) is 0 Å². The molecule has 1 saturated heterocycles. The van der Waals surface area contributed by atoms with E-state index in [1.54, 1.807) is 20.8 Å². The van der Waals surface area contributed by atoms with E-state index in [1.165, 1.54) is 4.90 Å². The van der Waals surface area contributed by atoms with E-state index in [2.05, 4.69) is 0 Å². The van der Waals surface area contributed by atoms with Crippen LogP contribution in [-0.4, -0.2) is 65.3 Å². The van der Waals surface area contributed by atoms with Crippen molar-refractivity contribution in [2.24, 2.45) is 0 Å². The summed E-state index contributed by atoms with van der Waals surface area (Å²) in [5.41, 5.74) is -2.81. The maximum absolute atomic E-state index is 13.7. The van der Waals surface area contributed by atoms with E-state index in [4.69, 9.17) is 9.84 Å². The molecule has 0 aliphatic carbocycles. The van der Waals surface area contributed by atoms with Crippen molar-refractivity contribution in [1.82, 2.24) is 4.90 Å². The van der Waals surface area contributed by atoms with Gasteiger partial charge in [0, 0.05) is 44.8 Å². The summed E-state index contributed by atoms with van der Waals surface area (Å²) in [6, 6.07) is 0. The van der Waals surface area contributed by atoms with Crippen LogP contribution in [0.1, 0.15) is 33.6 Å². The topological polar surface area (TPSA) is 66.8 Å². The van der Waals surface area contributed by atoms with Crippen molar-refractivity contribution in [3.63, 3.8) is 0 Å². The van der Waals surface area contributed by atoms with E-state index in [1.807, 2.05) is 0 Å². The van der Waals surface area contributed by atoms with Crippen LogP contribution in [0.25, 0.3) is 0 Å². The zero-order chi connectivity index (χ0) is 13.3. The minimum atomic E-state index is -2.21. The van der Waals surface area contributed by atoms with E-state index in [0.717, 1.165) is 0 Å². The molecule has 1 amide bonds. The zero-order valence-corrected chi connectivity index (χ0v) is 11.3. The molecule has 1 aliphatic heterocycles. The van der Waals surface area contributed by atoms with Gasteiger partial charge in [-0.1, -0.05) is 0 Å². The minimum absolute atomic E-state index is 0. The Labute approximate surface area is 118 Å². The molecule has 1 rings (SSSR count). The summed E-state index contributed by atoms with van der Waals surface area (Å²) in [6.07, 6.45) is -0.909. The van der Waals surface area contributed by atoms with E-state index in [9.17, 15) is 14.0 Å². The molecule has 0 unspecified atom stereocenters. The quantitative estimate of drug-likeness (QED) is 0.719. The Kier molecular flexibility index (Phi) is 5.70. The van der Waals surface area contributed by atoms with Crippen LogP contribution in [0.2, 0.25) is 0 Å². The molecule has 1 radical (unpaired) electrons. The normalized spacial score (nSPS) is 18.8. The maximum Gasteiger partial charge on any atom is 0.410 e. The summed E-state index contributed by atoms with van der Waals surface area (Å²) in [4.78, 5) is 23.6. The van der Waals surface area contributed by atoms with Gasteiger partial charge in [0.15, 0.2) is 0 Å². The molecular weight excluding hydrogens is 236 g/mol. The van der Waals surface area contributed by atoms with Crippen LogP contribution < -0.4 is 0 Å². The fraction of sp³-hybridized carbons (Fsp3) is 0.818. The molecule has 0 aromatic carbocycles. The Morgan fingerprint density at radius 1 is 1.28 bits per heavy atom. The Bertz CT molecular complexity index is 321. The number of nitrogens with zero attached hydrogens (tertiary/aromatic N) is 1. The molecule has 5 nitrogen and oxygen atoms in total. The molecule has 1 N–H and O–H groups in total. The Morgan fingerprint density at radius 3 is 2.06 bits per heavy atom. The second-order valence-electron chi connectivity index (χ2n) is 5.24. The summed E-state index contributed by atoms with van der Waals surface area (Å²) in [6.45, 7) is 5.36. The number of likely N-dealkylation sites (tertiary alicyclic amines) is 1. The third-order valence-electron chi connectivity index (χ3n) is 2.59. The number of alkyl halides is 1. The number of piperidine rings is 1. The van der Waals surface area contributed by atoms with Gasteiger partial charge in [-0.3, -0.25) is 0 Å². The first kappa shape index (κ1) is 17.3. The van der Waals surface area contributed by atoms with E-state index in [-0.39, 0.29) is 44.8 Å². The smallest absolute Gasteiger partial charge is 0.410 e. The Hall–Kier alpha value is -0.733. The average molecular weight is 254 g/mol. The first-order chi connectivity index (χ1) is 7.64. The number of carboxylic acid groups (broad SMARTS) is 1. The van der Waals surface area contributed by atoms with Gasteiger partial charge in [0.2, 0.25) is 5.67 Å². The van der Waals surface area contributed by atoms with Gasteiger partial charge in [0.05, 0.1) is 0 Å². The van der Waals surface area contributed by atoms with Crippen LogP contribution in [0.5, 0.6) is 0 Å². The molecule has 1 fully saturated rings. The van der Waals surface area contributed by atoms with Gasteiger partial charge in [-0.05, 0) is 20.8 Å². The van der Waals surface area contributed by atoms with Crippen LogP contribution in [-0.2, 0) is 9.53 Å². The van der Waals surface area contributed by atoms with E-state index < -0.39 is 23.3 Å². The number of amides is 1. The van der Waals surface area contributed by atoms with Crippen LogP contribution in [0.3, 0.4) is 0 Å². The van der Waals surface area contributed by atoms with Crippen molar-refractivity contribution in [1.29, 1.82) is 0 Å². The predicted octanol–water partition coefficient (Wildman–Crippen LogP) is 1.43. The Morgan fingerprint density at radius 2 is 1.72 bits per heavy atom. The molecule has 1 aliphatic rings. The summed E-state index contributed by atoms with van der Waals surface area (Å²) < 4.78 is 18.8. The average Bonchev–Trinajstić information content (AvgIpc) is 2.15. The standard InChI is InChI=1S/C11H18FNO4.Li/c1-10(2,3)17-9(16)13-6-4-11(12,5-7-13)8(14)15;/h4-7H2,1-3H3,(H,14,15);. The Balaban J connectivity index is 0.00000289. The van der Waals surface area contributed by atoms with Crippen LogP contribution in [0.15, 0.2) is 0 Å². The van der Waals surface area contributed by atoms with Crippen molar-refractivity contribution < 1.29 is 23.8 Å². The van der Waals surface area contributed by atoms with Gasteiger partial charge in [-0.2, -0.15) is 0 Å². The first-order valence-electron chi connectivity index (χ1n) is 5.54. The molecular formula is C11H18FLiNO4. The van der Waals surface area contributed by atoms with Crippen molar-refractivity contribution in [2.45, 2.75) is 44.9 Å². The number of carbonyl (C=O) groups is 2. The molecule has 7 heteroatoms. The van der Waals surface area contributed by atoms with Crippen molar-refractivity contribution >= 4 is 30.9 Å². The van der Waals surface area contributed by atoms with Gasteiger partial charge < -0.3 is 14.7 Å². The number of ether oxygens (including phenoxy) is 1. The number of hydrogen-bond donors (Lipinski definition) is 1. The number of aliphatic carboxylic acids is 1. The molecule has 0 saturated carbocycles. The second-order valence-corrected chi connectivity index (χ2v) is 5.24. The van der Waals surface area contributed by atoms with Crippen molar-refractivity contribution in [3.8, 4) is 0 Å². The first-order valence-corrected chi connectivity index (χ1v) is 5.54. The third kappa shape index (κ3) is 4.50. The fourth-order valence-corrected chi connectivity index (χ4v) is 1.58. The summed E-state index contributed by atoms with van der Waals surface area (Å²) >= 11 is 0. The van der Waals surface area contributed by atoms with Crippen molar-refractivity contribution in [3.05, 3.63) is 0 Å². The maximum atomic E-state index is 13.7.